The molecule has 2 heterocycles. The van der Waals surface area contributed by atoms with Crippen LogP contribution in [0.2, 0.25) is 0 Å². The van der Waals surface area contributed by atoms with Crippen molar-refractivity contribution in [3.05, 3.63) is 65.1 Å². The van der Waals surface area contributed by atoms with Gasteiger partial charge in [-0.2, -0.15) is 0 Å². The van der Waals surface area contributed by atoms with Gasteiger partial charge in [0.05, 0.1) is 17.6 Å². The van der Waals surface area contributed by atoms with Gasteiger partial charge in [0, 0.05) is 30.6 Å². The minimum Gasteiger partial charge on any atom is -0.350 e. The van der Waals surface area contributed by atoms with E-state index in [1.54, 1.807) is 24.3 Å². The average Bonchev–Trinajstić information content (AvgIpc) is 3.04. The van der Waals surface area contributed by atoms with E-state index >= 15 is 0 Å². The first kappa shape index (κ1) is 16.0. The average molecular weight is 347 g/mol. The van der Waals surface area contributed by atoms with Gasteiger partial charge < -0.3 is 9.88 Å². The molecule has 0 radical (unpaired) electrons. The molecular formula is C19H17N5O2. The molecule has 130 valence electrons. The summed E-state index contributed by atoms with van der Waals surface area (Å²) in [5, 5.41) is 12.3. The van der Waals surface area contributed by atoms with E-state index in [-0.39, 0.29) is 24.4 Å². The normalized spacial score (nSPS) is 11.1. The van der Waals surface area contributed by atoms with Crippen LogP contribution in [-0.2, 0) is 18.4 Å². The van der Waals surface area contributed by atoms with Crippen LogP contribution >= 0.6 is 0 Å². The number of amides is 1. The van der Waals surface area contributed by atoms with Crippen molar-refractivity contribution >= 4 is 33.4 Å². The maximum Gasteiger partial charge on any atom is 0.277 e. The Morgan fingerprint density at radius 3 is 2.81 bits per heavy atom. The van der Waals surface area contributed by atoms with Gasteiger partial charge in [0.15, 0.2) is 0 Å². The van der Waals surface area contributed by atoms with Crippen molar-refractivity contribution in [1.82, 2.24) is 19.6 Å². The van der Waals surface area contributed by atoms with E-state index in [9.17, 15) is 9.59 Å². The molecule has 0 spiro atoms. The Balaban J connectivity index is 1.51. The van der Waals surface area contributed by atoms with Crippen molar-refractivity contribution in [2.45, 2.75) is 13.0 Å². The summed E-state index contributed by atoms with van der Waals surface area (Å²) in [5.41, 5.74) is 2.10. The Labute approximate surface area is 148 Å². The third-order valence-electron chi connectivity index (χ3n) is 4.38. The standard InChI is InChI=1S/C19H17N5O2/c1-23-11-9-13-15(7-4-8-17(13)23)20-18(25)10-12-24-19(26)14-5-2-3-6-16(14)21-22-24/h2-9,11H,10,12H2,1H3,(H,20,25). The van der Waals surface area contributed by atoms with Gasteiger partial charge in [-0.25, -0.2) is 4.68 Å². The first-order valence-electron chi connectivity index (χ1n) is 8.30. The van der Waals surface area contributed by atoms with Crippen LogP contribution in [0.5, 0.6) is 0 Å². The molecule has 0 bridgehead atoms. The molecule has 4 rings (SSSR count). The maximum atomic E-state index is 12.4. The van der Waals surface area contributed by atoms with E-state index in [0.717, 1.165) is 16.6 Å². The highest BCUT2D eigenvalue weighted by Gasteiger charge is 2.10. The fourth-order valence-electron chi connectivity index (χ4n) is 3.00. The molecule has 4 aromatic rings. The fraction of sp³-hybridized carbons (Fsp3) is 0.158. The molecule has 0 unspecified atom stereocenters. The van der Waals surface area contributed by atoms with E-state index in [4.69, 9.17) is 0 Å². The largest absolute Gasteiger partial charge is 0.350 e. The molecule has 1 amide bonds. The van der Waals surface area contributed by atoms with Gasteiger partial charge in [0.1, 0.15) is 5.52 Å². The number of hydrogen-bond acceptors (Lipinski definition) is 4. The second-order valence-corrected chi connectivity index (χ2v) is 6.10. The quantitative estimate of drug-likeness (QED) is 0.614. The lowest BCUT2D eigenvalue weighted by atomic mass is 10.2. The van der Waals surface area contributed by atoms with Crippen molar-refractivity contribution < 1.29 is 4.79 Å². The van der Waals surface area contributed by atoms with Crippen LogP contribution < -0.4 is 10.9 Å². The summed E-state index contributed by atoms with van der Waals surface area (Å²) in [4.78, 5) is 24.7. The third kappa shape index (κ3) is 2.83. The summed E-state index contributed by atoms with van der Waals surface area (Å²) in [6, 6.07) is 14.8. The number of aromatic nitrogens is 4. The molecule has 0 aliphatic heterocycles. The Kier molecular flexibility index (Phi) is 3.96. The molecule has 1 N–H and O–H groups in total. The van der Waals surface area contributed by atoms with Crippen LogP contribution in [0.15, 0.2) is 59.5 Å². The number of hydrogen-bond donors (Lipinski definition) is 1. The lowest BCUT2D eigenvalue weighted by Gasteiger charge is -2.08. The first-order valence-corrected chi connectivity index (χ1v) is 8.30. The zero-order valence-electron chi connectivity index (χ0n) is 14.2. The number of aryl methyl sites for hydroxylation is 2. The van der Waals surface area contributed by atoms with Crippen molar-refractivity contribution in [1.29, 1.82) is 0 Å². The van der Waals surface area contributed by atoms with E-state index in [2.05, 4.69) is 15.6 Å². The minimum atomic E-state index is -0.242. The molecular weight excluding hydrogens is 330 g/mol. The van der Waals surface area contributed by atoms with Gasteiger partial charge in [-0.05, 0) is 30.3 Å². The van der Waals surface area contributed by atoms with Crippen molar-refractivity contribution in [3.8, 4) is 0 Å². The predicted molar refractivity (Wildman–Crippen MR) is 100.0 cm³/mol. The van der Waals surface area contributed by atoms with Gasteiger partial charge in [0.2, 0.25) is 5.91 Å². The van der Waals surface area contributed by atoms with Crippen LogP contribution in [0, 0.1) is 0 Å². The highest BCUT2D eigenvalue weighted by Crippen LogP contribution is 2.23. The second kappa shape index (κ2) is 6.44. The Morgan fingerprint density at radius 1 is 1.08 bits per heavy atom. The molecule has 0 saturated carbocycles. The van der Waals surface area contributed by atoms with E-state index in [1.807, 2.05) is 42.1 Å². The Hall–Kier alpha value is -3.48. The summed E-state index contributed by atoms with van der Waals surface area (Å²) in [6.07, 6.45) is 2.08. The third-order valence-corrected chi connectivity index (χ3v) is 4.38. The molecule has 0 aliphatic rings. The van der Waals surface area contributed by atoms with Crippen LogP contribution in [0.4, 0.5) is 5.69 Å². The topological polar surface area (TPSA) is 81.8 Å². The monoisotopic (exact) mass is 347 g/mol. The summed E-state index contributed by atoms with van der Waals surface area (Å²) in [5.74, 6) is -0.178. The number of anilines is 1. The van der Waals surface area contributed by atoms with Gasteiger partial charge in [-0.3, -0.25) is 9.59 Å². The van der Waals surface area contributed by atoms with E-state index in [1.165, 1.54) is 4.68 Å². The Morgan fingerprint density at radius 2 is 1.92 bits per heavy atom. The first-order chi connectivity index (χ1) is 12.6. The fourth-order valence-corrected chi connectivity index (χ4v) is 3.00. The SMILES string of the molecule is Cn1ccc2c(NC(=O)CCn3nnc4ccccc4c3=O)cccc21. The van der Waals surface area contributed by atoms with E-state index < -0.39 is 0 Å². The second-order valence-electron chi connectivity index (χ2n) is 6.10. The minimum absolute atomic E-state index is 0.135. The number of nitrogens with one attached hydrogen (secondary N) is 1. The van der Waals surface area contributed by atoms with Gasteiger partial charge in [0.25, 0.3) is 5.56 Å². The molecule has 0 fully saturated rings. The number of carbonyl (C=O) groups excluding carboxylic acids is 1. The van der Waals surface area contributed by atoms with Crippen molar-refractivity contribution in [2.24, 2.45) is 7.05 Å². The highest BCUT2D eigenvalue weighted by molar-refractivity contribution is 6.01. The van der Waals surface area contributed by atoms with Gasteiger partial charge >= 0.3 is 0 Å². The maximum absolute atomic E-state index is 12.4. The number of nitrogens with zero attached hydrogens (tertiary/aromatic N) is 4. The number of benzene rings is 2. The number of rotatable bonds is 4. The lowest BCUT2D eigenvalue weighted by molar-refractivity contribution is -0.116. The van der Waals surface area contributed by atoms with E-state index in [0.29, 0.717) is 10.9 Å². The molecule has 0 aliphatic carbocycles. The highest BCUT2D eigenvalue weighted by atomic mass is 16.2. The lowest BCUT2D eigenvalue weighted by Crippen LogP contribution is -2.26. The van der Waals surface area contributed by atoms with Crippen LogP contribution in [0.25, 0.3) is 21.8 Å². The van der Waals surface area contributed by atoms with Crippen LogP contribution in [0.3, 0.4) is 0 Å². The molecule has 7 nitrogen and oxygen atoms in total. The summed E-state index contributed by atoms with van der Waals surface area (Å²) in [7, 11) is 1.96. The van der Waals surface area contributed by atoms with Crippen molar-refractivity contribution in [2.75, 3.05) is 5.32 Å². The molecule has 7 heteroatoms. The molecule has 0 atom stereocenters. The Bertz CT molecular complexity index is 1180. The number of fused-ring (bicyclic) bond motifs is 2. The van der Waals surface area contributed by atoms with Gasteiger partial charge in [-0.1, -0.05) is 23.4 Å². The zero-order chi connectivity index (χ0) is 18.1. The molecule has 2 aromatic heterocycles. The molecule has 26 heavy (non-hydrogen) atoms. The summed E-state index contributed by atoms with van der Waals surface area (Å²) >= 11 is 0. The summed E-state index contributed by atoms with van der Waals surface area (Å²) in [6.45, 7) is 0.174. The molecule has 2 aromatic carbocycles. The number of carbonyl (C=O) groups is 1. The zero-order valence-corrected chi connectivity index (χ0v) is 14.2. The van der Waals surface area contributed by atoms with Gasteiger partial charge in [-0.15, -0.1) is 5.10 Å². The van der Waals surface area contributed by atoms with Crippen LogP contribution in [0.1, 0.15) is 6.42 Å². The smallest absolute Gasteiger partial charge is 0.277 e. The molecule has 0 saturated heterocycles. The van der Waals surface area contributed by atoms with Crippen molar-refractivity contribution in [3.63, 3.8) is 0 Å². The summed E-state index contributed by atoms with van der Waals surface area (Å²) < 4.78 is 3.22. The van der Waals surface area contributed by atoms with Crippen LogP contribution in [-0.4, -0.2) is 25.5 Å². The predicted octanol–water partition coefficient (Wildman–Crippen LogP) is 2.31.